The lowest BCUT2D eigenvalue weighted by Crippen LogP contribution is -2.27. The molecule has 2 aromatic carbocycles. The molecule has 5 nitrogen and oxygen atoms in total. The molecule has 25 heavy (non-hydrogen) atoms. The molecule has 7 heteroatoms. The van der Waals surface area contributed by atoms with Gasteiger partial charge in [0.15, 0.2) is 0 Å². The van der Waals surface area contributed by atoms with Gasteiger partial charge in [0.25, 0.3) is 0 Å². The Kier molecular flexibility index (Phi) is 5.30. The van der Waals surface area contributed by atoms with E-state index in [1.165, 1.54) is 0 Å². The number of rotatable bonds is 4. The van der Waals surface area contributed by atoms with Crippen LogP contribution in [-0.4, -0.2) is 25.5 Å². The number of hydrogen-bond donors (Lipinski definition) is 0. The predicted octanol–water partition coefficient (Wildman–Crippen LogP) is 4.07. The van der Waals surface area contributed by atoms with E-state index in [-0.39, 0.29) is 18.9 Å². The number of anilines is 1. The molecule has 1 fully saturated rings. The van der Waals surface area contributed by atoms with Crippen LogP contribution >= 0.6 is 27.5 Å². The van der Waals surface area contributed by atoms with Crippen molar-refractivity contribution in [2.24, 2.45) is 5.92 Å². The van der Waals surface area contributed by atoms with E-state index in [4.69, 9.17) is 21.1 Å². The van der Waals surface area contributed by atoms with Gasteiger partial charge in [-0.25, -0.2) is 0 Å². The van der Waals surface area contributed by atoms with E-state index < -0.39 is 11.9 Å². The summed E-state index contributed by atoms with van der Waals surface area (Å²) in [6.45, 7) is 0.274. The highest BCUT2D eigenvalue weighted by Gasteiger charge is 2.36. The molecule has 0 bridgehead atoms. The third kappa shape index (κ3) is 3.96. The number of nitrogens with zero attached hydrogens (tertiary/aromatic N) is 1. The molecular formula is C18H15BrClNO4. The third-order valence-corrected chi connectivity index (χ3v) is 4.78. The lowest BCUT2D eigenvalue weighted by Gasteiger charge is -2.17. The van der Waals surface area contributed by atoms with Crippen molar-refractivity contribution in [3.05, 3.63) is 52.0 Å². The van der Waals surface area contributed by atoms with E-state index in [1.807, 2.05) is 6.07 Å². The number of methoxy groups -OCH3 is 1. The molecule has 0 radical (unpaired) electrons. The topological polar surface area (TPSA) is 55.8 Å². The molecule has 0 aromatic heterocycles. The van der Waals surface area contributed by atoms with Gasteiger partial charge in [0, 0.05) is 29.7 Å². The number of amides is 1. The molecule has 0 spiro atoms. The summed E-state index contributed by atoms with van der Waals surface area (Å²) in [5, 5.41) is 0.534. The summed E-state index contributed by atoms with van der Waals surface area (Å²) in [7, 11) is 1.56. The van der Waals surface area contributed by atoms with Crippen molar-refractivity contribution in [2.75, 3.05) is 18.6 Å². The van der Waals surface area contributed by atoms with Crippen LogP contribution in [0.3, 0.4) is 0 Å². The Bertz CT molecular complexity index is 826. The van der Waals surface area contributed by atoms with E-state index in [0.717, 1.165) is 0 Å². The van der Waals surface area contributed by atoms with Crippen molar-refractivity contribution >= 4 is 45.1 Å². The molecule has 2 aromatic rings. The molecule has 1 atom stereocenters. The third-order valence-electron chi connectivity index (χ3n) is 3.93. The summed E-state index contributed by atoms with van der Waals surface area (Å²) < 4.78 is 11.2. The van der Waals surface area contributed by atoms with Crippen LogP contribution in [0.15, 0.2) is 46.9 Å². The fourth-order valence-corrected chi connectivity index (χ4v) is 3.41. The van der Waals surface area contributed by atoms with Gasteiger partial charge in [0.1, 0.15) is 11.5 Å². The van der Waals surface area contributed by atoms with E-state index in [9.17, 15) is 9.59 Å². The van der Waals surface area contributed by atoms with Gasteiger partial charge in [-0.1, -0.05) is 17.7 Å². The molecule has 0 N–H and O–H groups in total. The van der Waals surface area contributed by atoms with E-state index >= 15 is 0 Å². The molecular weight excluding hydrogens is 410 g/mol. The molecule has 3 rings (SSSR count). The summed E-state index contributed by atoms with van der Waals surface area (Å²) in [5.74, 6) is -0.0588. The van der Waals surface area contributed by atoms with E-state index in [2.05, 4.69) is 15.9 Å². The van der Waals surface area contributed by atoms with Crippen LogP contribution in [0.25, 0.3) is 0 Å². The lowest BCUT2D eigenvalue weighted by atomic mass is 10.1. The SMILES string of the molecule is COc1cccc(N2CC(C(=O)Oc3ccc(Cl)cc3Br)CC2=O)c1. The number of carbonyl (C=O) groups is 2. The highest BCUT2D eigenvalue weighted by Crippen LogP contribution is 2.31. The Labute approximate surface area is 158 Å². The second-order valence-corrected chi connectivity index (χ2v) is 6.89. The van der Waals surface area contributed by atoms with Crippen molar-refractivity contribution in [2.45, 2.75) is 6.42 Å². The quantitative estimate of drug-likeness (QED) is 0.548. The summed E-state index contributed by atoms with van der Waals surface area (Å²) in [6.07, 6.45) is 0.112. The molecule has 1 heterocycles. The summed E-state index contributed by atoms with van der Waals surface area (Å²) in [6, 6.07) is 12.1. The summed E-state index contributed by atoms with van der Waals surface area (Å²) in [4.78, 5) is 26.3. The Morgan fingerprint density at radius 2 is 2.08 bits per heavy atom. The average molecular weight is 425 g/mol. The predicted molar refractivity (Wildman–Crippen MR) is 98.2 cm³/mol. The molecule has 0 aliphatic carbocycles. The van der Waals surface area contributed by atoms with Crippen LogP contribution in [0, 0.1) is 5.92 Å². The Morgan fingerprint density at radius 1 is 1.28 bits per heavy atom. The first-order valence-electron chi connectivity index (χ1n) is 7.59. The minimum Gasteiger partial charge on any atom is -0.497 e. The first-order valence-corrected chi connectivity index (χ1v) is 8.76. The molecule has 1 unspecified atom stereocenters. The zero-order valence-electron chi connectivity index (χ0n) is 13.4. The molecule has 0 saturated carbocycles. The summed E-state index contributed by atoms with van der Waals surface area (Å²) in [5.41, 5.74) is 0.701. The van der Waals surface area contributed by atoms with Crippen LogP contribution in [0.2, 0.25) is 5.02 Å². The van der Waals surface area contributed by atoms with Gasteiger partial charge < -0.3 is 14.4 Å². The van der Waals surface area contributed by atoms with Crippen molar-refractivity contribution < 1.29 is 19.1 Å². The van der Waals surface area contributed by atoms with Crippen LogP contribution < -0.4 is 14.4 Å². The number of carbonyl (C=O) groups excluding carboxylic acids is 2. The molecule has 130 valence electrons. The highest BCUT2D eigenvalue weighted by atomic mass is 79.9. The van der Waals surface area contributed by atoms with Gasteiger partial charge in [0.05, 0.1) is 17.5 Å². The second-order valence-electron chi connectivity index (χ2n) is 5.60. The van der Waals surface area contributed by atoms with Crippen molar-refractivity contribution in [1.29, 1.82) is 0 Å². The van der Waals surface area contributed by atoms with Crippen molar-refractivity contribution in [3.63, 3.8) is 0 Å². The molecule has 1 aliphatic heterocycles. The van der Waals surface area contributed by atoms with Gasteiger partial charge in [-0.05, 0) is 46.3 Å². The fraction of sp³-hybridized carbons (Fsp3) is 0.222. The monoisotopic (exact) mass is 423 g/mol. The van der Waals surface area contributed by atoms with Crippen LogP contribution in [0.1, 0.15) is 6.42 Å². The minimum absolute atomic E-state index is 0.112. The van der Waals surface area contributed by atoms with Gasteiger partial charge in [-0.2, -0.15) is 0 Å². The zero-order valence-corrected chi connectivity index (χ0v) is 15.7. The average Bonchev–Trinajstić information content (AvgIpc) is 2.99. The Balaban J connectivity index is 1.72. The van der Waals surface area contributed by atoms with Gasteiger partial charge >= 0.3 is 5.97 Å². The van der Waals surface area contributed by atoms with Crippen molar-refractivity contribution in [3.8, 4) is 11.5 Å². The van der Waals surface area contributed by atoms with Gasteiger partial charge in [0.2, 0.25) is 5.91 Å². The minimum atomic E-state index is -0.527. The van der Waals surface area contributed by atoms with Gasteiger partial charge in [-0.15, -0.1) is 0 Å². The fourth-order valence-electron chi connectivity index (χ4n) is 2.64. The van der Waals surface area contributed by atoms with Crippen LogP contribution in [0.4, 0.5) is 5.69 Å². The maximum atomic E-state index is 12.4. The number of esters is 1. The number of hydrogen-bond acceptors (Lipinski definition) is 4. The van der Waals surface area contributed by atoms with Crippen LogP contribution in [0.5, 0.6) is 11.5 Å². The smallest absolute Gasteiger partial charge is 0.316 e. The largest absolute Gasteiger partial charge is 0.497 e. The van der Waals surface area contributed by atoms with Gasteiger partial charge in [-0.3, -0.25) is 9.59 Å². The first-order chi connectivity index (χ1) is 12.0. The first kappa shape index (κ1) is 17.8. The Morgan fingerprint density at radius 3 is 2.80 bits per heavy atom. The zero-order chi connectivity index (χ0) is 18.0. The van der Waals surface area contributed by atoms with Crippen molar-refractivity contribution in [1.82, 2.24) is 0 Å². The number of halogens is 2. The standard InChI is InChI=1S/C18H15BrClNO4/c1-24-14-4-2-3-13(9-14)21-10-11(7-17(21)22)18(23)25-16-6-5-12(20)8-15(16)19/h2-6,8-9,11H,7,10H2,1H3. The Hall–Kier alpha value is -2.05. The number of benzene rings is 2. The van der Waals surface area contributed by atoms with Crippen LogP contribution in [-0.2, 0) is 9.59 Å². The highest BCUT2D eigenvalue weighted by molar-refractivity contribution is 9.10. The molecule has 1 aliphatic rings. The summed E-state index contributed by atoms with van der Waals surface area (Å²) >= 11 is 9.19. The maximum absolute atomic E-state index is 12.4. The maximum Gasteiger partial charge on any atom is 0.316 e. The second kappa shape index (κ2) is 7.45. The lowest BCUT2D eigenvalue weighted by molar-refractivity contribution is -0.139. The number of ether oxygens (including phenoxy) is 2. The van der Waals surface area contributed by atoms with E-state index in [1.54, 1.807) is 48.4 Å². The normalized spacial score (nSPS) is 16.8. The molecule has 1 amide bonds. The molecule has 1 saturated heterocycles. The van der Waals surface area contributed by atoms with E-state index in [0.29, 0.717) is 26.7 Å².